The number of rotatable bonds is 2. The fourth-order valence-corrected chi connectivity index (χ4v) is 3.84. The van der Waals surface area contributed by atoms with E-state index in [1.165, 1.54) is 16.8 Å². The Morgan fingerprint density at radius 2 is 1.96 bits per heavy atom. The van der Waals surface area contributed by atoms with Gasteiger partial charge >= 0.3 is 0 Å². The molecule has 2 aliphatic heterocycles. The fraction of sp³-hybridized carbons (Fsp3) is 0.421. The lowest BCUT2D eigenvalue weighted by molar-refractivity contribution is 0.0738. The Kier molecular flexibility index (Phi) is 5.62. The highest BCUT2D eigenvalue weighted by Crippen LogP contribution is 2.21. The number of hydrogen-bond acceptors (Lipinski definition) is 4. The zero-order chi connectivity index (χ0) is 18.3. The van der Waals surface area contributed by atoms with Gasteiger partial charge in [-0.25, -0.2) is 9.07 Å². The highest BCUT2D eigenvalue weighted by Gasteiger charge is 2.32. The molecule has 1 N–H and O–H groups in total. The molecule has 2 aliphatic rings. The number of amides is 1. The summed E-state index contributed by atoms with van der Waals surface area (Å²) in [5, 5.41) is 7.73. The number of carbonyl (C=O) groups excluding carboxylic acids is 1. The minimum absolute atomic E-state index is 0. The number of halogens is 2. The van der Waals surface area contributed by atoms with Crippen molar-refractivity contribution in [2.75, 3.05) is 13.1 Å². The fourth-order valence-electron chi connectivity index (χ4n) is 3.84. The SMILES string of the molecule is Cc1cc(=O)c(C(=O)N2CCC3CCC(C2)N3)nn1-c1ccccc1F.Cl. The van der Waals surface area contributed by atoms with Crippen LogP contribution in [0.15, 0.2) is 35.1 Å². The van der Waals surface area contributed by atoms with Crippen molar-refractivity contribution in [3.8, 4) is 5.69 Å². The first kappa shape index (κ1) is 19.5. The molecule has 2 unspecified atom stereocenters. The second-order valence-electron chi connectivity index (χ2n) is 7.04. The zero-order valence-electron chi connectivity index (χ0n) is 15.0. The van der Waals surface area contributed by atoms with E-state index in [1.54, 1.807) is 30.0 Å². The standard InChI is InChI=1S/C19H21FN4O2.ClH/c1-12-10-17(25)18(22-24(12)16-5-3-2-4-15(16)20)19(26)23-9-8-13-6-7-14(11-23)21-13;/h2-5,10,13-14,21H,6-9,11H2,1H3;1H. The molecule has 4 rings (SSSR count). The quantitative estimate of drug-likeness (QED) is 0.849. The third kappa shape index (κ3) is 3.75. The van der Waals surface area contributed by atoms with Gasteiger partial charge < -0.3 is 10.2 Å². The number of carbonyl (C=O) groups is 1. The van der Waals surface area contributed by atoms with E-state index in [4.69, 9.17) is 0 Å². The van der Waals surface area contributed by atoms with Gasteiger partial charge in [0, 0.05) is 36.9 Å². The molecule has 0 aliphatic carbocycles. The van der Waals surface area contributed by atoms with Gasteiger partial charge in [0.05, 0.1) is 0 Å². The van der Waals surface area contributed by atoms with Gasteiger partial charge in [0.2, 0.25) is 5.43 Å². The summed E-state index contributed by atoms with van der Waals surface area (Å²) in [6.07, 6.45) is 3.04. The number of nitrogens with zero attached hydrogens (tertiary/aromatic N) is 3. The van der Waals surface area contributed by atoms with E-state index in [2.05, 4.69) is 10.4 Å². The van der Waals surface area contributed by atoms with E-state index in [9.17, 15) is 14.0 Å². The summed E-state index contributed by atoms with van der Waals surface area (Å²) in [5.41, 5.74) is 0.114. The summed E-state index contributed by atoms with van der Waals surface area (Å²) in [4.78, 5) is 27.1. The van der Waals surface area contributed by atoms with Crippen LogP contribution in [0.1, 0.15) is 35.4 Å². The third-order valence-electron chi connectivity index (χ3n) is 5.20. The topological polar surface area (TPSA) is 67.2 Å². The summed E-state index contributed by atoms with van der Waals surface area (Å²) in [6.45, 7) is 2.84. The molecule has 2 aromatic rings. The minimum Gasteiger partial charge on any atom is -0.336 e. The minimum atomic E-state index is -0.457. The lowest BCUT2D eigenvalue weighted by atomic mass is 10.1. The largest absolute Gasteiger partial charge is 0.336 e. The maximum atomic E-state index is 14.2. The van der Waals surface area contributed by atoms with Gasteiger partial charge in [-0.05, 0) is 38.3 Å². The van der Waals surface area contributed by atoms with Crippen LogP contribution in [-0.4, -0.2) is 45.8 Å². The van der Waals surface area contributed by atoms with Crippen LogP contribution >= 0.6 is 12.4 Å². The molecule has 2 fully saturated rings. The lowest BCUT2D eigenvalue weighted by Crippen LogP contribution is -2.41. The van der Waals surface area contributed by atoms with Gasteiger partial charge in [0.1, 0.15) is 11.5 Å². The van der Waals surface area contributed by atoms with Crippen LogP contribution in [0.25, 0.3) is 5.69 Å². The Hall–Kier alpha value is -2.25. The summed E-state index contributed by atoms with van der Waals surface area (Å²) in [7, 11) is 0. The predicted molar refractivity (Wildman–Crippen MR) is 102 cm³/mol. The van der Waals surface area contributed by atoms with Gasteiger partial charge in [-0.15, -0.1) is 12.4 Å². The predicted octanol–water partition coefficient (Wildman–Crippen LogP) is 2.07. The Morgan fingerprint density at radius 3 is 2.74 bits per heavy atom. The van der Waals surface area contributed by atoms with Gasteiger partial charge in [0.15, 0.2) is 5.69 Å². The molecular formula is C19H22ClFN4O2. The van der Waals surface area contributed by atoms with Crippen molar-refractivity contribution in [2.24, 2.45) is 0 Å². The number of hydrogen-bond donors (Lipinski definition) is 1. The summed E-state index contributed by atoms with van der Waals surface area (Å²) in [5.74, 6) is -0.837. The number of para-hydroxylation sites is 1. The molecule has 0 spiro atoms. The van der Waals surface area contributed by atoms with Crippen LogP contribution < -0.4 is 10.7 Å². The second kappa shape index (κ2) is 7.78. The normalized spacial score (nSPS) is 21.5. The molecule has 6 nitrogen and oxygen atoms in total. The summed E-state index contributed by atoms with van der Waals surface area (Å²) in [6, 6.07) is 8.23. The van der Waals surface area contributed by atoms with Gasteiger partial charge in [-0.2, -0.15) is 5.10 Å². The average molecular weight is 393 g/mol. The van der Waals surface area contributed by atoms with Crippen molar-refractivity contribution >= 4 is 18.3 Å². The Balaban J connectivity index is 0.00000210. The van der Waals surface area contributed by atoms with Crippen molar-refractivity contribution in [3.05, 3.63) is 57.8 Å². The number of aryl methyl sites for hydroxylation is 1. The second-order valence-corrected chi connectivity index (χ2v) is 7.04. The van der Waals surface area contributed by atoms with E-state index in [1.807, 2.05) is 0 Å². The first-order valence-electron chi connectivity index (χ1n) is 8.94. The molecule has 1 aromatic heterocycles. The van der Waals surface area contributed by atoms with Crippen LogP contribution in [0.2, 0.25) is 0 Å². The molecule has 3 heterocycles. The molecule has 2 bridgehead atoms. The van der Waals surface area contributed by atoms with E-state index >= 15 is 0 Å². The molecule has 2 atom stereocenters. The molecule has 0 saturated carbocycles. The maximum Gasteiger partial charge on any atom is 0.278 e. The van der Waals surface area contributed by atoms with E-state index < -0.39 is 11.2 Å². The molecule has 144 valence electrons. The Bertz CT molecular complexity index is 917. The van der Waals surface area contributed by atoms with E-state index in [-0.39, 0.29) is 35.7 Å². The number of aromatic nitrogens is 2. The van der Waals surface area contributed by atoms with Crippen molar-refractivity contribution in [1.29, 1.82) is 0 Å². The lowest BCUT2D eigenvalue weighted by Gasteiger charge is -2.24. The van der Waals surface area contributed by atoms with Crippen molar-refractivity contribution in [3.63, 3.8) is 0 Å². The van der Waals surface area contributed by atoms with Gasteiger partial charge in [0.25, 0.3) is 5.91 Å². The van der Waals surface area contributed by atoms with E-state index in [0.29, 0.717) is 24.8 Å². The monoisotopic (exact) mass is 392 g/mol. The highest BCUT2D eigenvalue weighted by molar-refractivity contribution is 5.92. The first-order chi connectivity index (χ1) is 12.5. The van der Waals surface area contributed by atoms with Crippen molar-refractivity contribution in [1.82, 2.24) is 20.0 Å². The molecule has 1 amide bonds. The highest BCUT2D eigenvalue weighted by atomic mass is 35.5. The van der Waals surface area contributed by atoms with E-state index in [0.717, 1.165) is 19.3 Å². The maximum absolute atomic E-state index is 14.2. The molecule has 1 aromatic carbocycles. The summed E-state index contributed by atoms with van der Waals surface area (Å²) < 4.78 is 15.5. The first-order valence-corrected chi connectivity index (χ1v) is 8.94. The van der Waals surface area contributed by atoms with Crippen LogP contribution in [0, 0.1) is 12.7 Å². The number of nitrogens with one attached hydrogen (secondary N) is 1. The molecule has 8 heteroatoms. The number of likely N-dealkylation sites (tertiary alicyclic amines) is 1. The molecule has 27 heavy (non-hydrogen) atoms. The molecule has 0 radical (unpaired) electrons. The van der Waals surface area contributed by atoms with Gasteiger partial charge in [-0.3, -0.25) is 9.59 Å². The van der Waals surface area contributed by atoms with Crippen LogP contribution in [0.5, 0.6) is 0 Å². The zero-order valence-corrected chi connectivity index (χ0v) is 15.8. The van der Waals surface area contributed by atoms with Crippen molar-refractivity contribution in [2.45, 2.75) is 38.3 Å². The van der Waals surface area contributed by atoms with Crippen LogP contribution in [0.3, 0.4) is 0 Å². The third-order valence-corrected chi connectivity index (χ3v) is 5.20. The number of fused-ring (bicyclic) bond motifs is 2. The molecule has 2 saturated heterocycles. The Labute approximate surface area is 162 Å². The van der Waals surface area contributed by atoms with Gasteiger partial charge in [-0.1, -0.05) is 12.1 Å². The number of benzene rings is 1. The van der Waals surface area contributed by atoms with Crippen LogP contribution in [-0.2, 0) is 0 Å². The Morgan fingerprint density at radius 1 is 1.22 bits per heavy atom. The smallest absolute Gasteiger partial charge is 0.278 e. The molecular weight excluding hydrogens is 371 g/mol. The van der Waals surface area contributed by atoms with Crippen LogP contribution in [0.4, 0.5) is 4.39 Å². The van der Waals surface area contributed by atoms with Crippen molar-refractivity contribution < 1.29 is 9.18 Å². The average Bonchev–Trinajstić information content (AvgIpc) is 2.94. The summed E-state index contributed by atoms with van der Waals surface area (Å²) >= 11 is 0.